The summed E-state index contributed by atoms with van der Waals surface area (Å²) in [4.78, 5) is 65.4. The van der Waals surface area contributed by atoms with Crippen LogP contribution in [0.15, 0.2) is 36.5 Å². The van der Waals surface area contributed by atoms with Gasteiger partial charge in [-0.1, -0.05) is 46.8 Å². The zero-order chi connectivity index (χ0) is 40.2. The van der Waals surface area contributed by atoms with Gasteiger partial charge in [0.1, 0.15) is 18.5 Å². The van der Waals surface area contributed by atoms with Crippen molar-refractivity contribution in [3.05, 3.63) is 36.5 Å². The Bertz CT molecular complexity index is 2020. The number of carbonyl (C=O) groups excluding carboxylic acids is 4. The third-order valence-corrected chi connectivity index (χ3v) is 14.4. The molecule has 2 saturated carbocycles. The molecule has 0 spiro atoms. The molecule has 2 aliphatic carbocycles. The lowest BCUT2D eigenvalue weighted by Gasteiger charge is -2.32. The normalized spacial score (nSPS) is 30.6. The van der Waals surface area contributed by atoms with Crippen LogP contribution in [0.1, 0.15) is 98.8 Å². The van der Waals surface area contributed by atoms with E-state index in [0.29, 0.717) is 38.2 Å². The minimum Gasteiger partial charge on any atom is -0.489 e. The third-order valence-electron chi connectivity index (χ3n) is 12.5. The molecule has 1 N–H and O–H groups in total. The van der Waals surface area contributed by atoms with Gasteiger partial charge in [0.05, 0.1) is 35.5 Å². The average molecular weight is 791 g/mol. The number of likely N-dealkylation sites (N-methyl/N-ethyl adjacent to an activating group) is 1. The minimum absolute atomic E-state index is 0.00976. The Kier molecular flexibility index (Phi) is 11.1. The Balaban J connectivity index is 1.22. The number of anilines is 1. The molecule has 3 fully saturated rings. The lowest BCUT2D eigenvalue weighted by atomic mass is 9.79. The lowest BCUT2D eigenvalue weighted by molar-refractivity contribution is -0.145. The number of Topliss-reactive ketones (excluding diaryl/α,β-unsaturated/α-hetero) is 2. The number of carbonyl (C=O) groups is 4. The molecule has 2 amide bonds. The number of pyridine rings is 1. The predicted molar refractivity (Wildman–Crippen MR) is 214 cm³/mol. The number of rotatable bonds is 8. The van der Waals surface area contributed by atoms with Crippen molar-refractivity contribution in [2.45, 2.75) is 116 Å². The summed E-state index contributed by atoms with van der Waals surface area (Å²) in [6.45, 7) is 11.6. The van der Waals surface area contributed by atoms with Crippen LogP contribution in [-0.4, -0.2) is 85.8 Å². The maximum Gasteiger partial charge on any atom is 0.240 e. The zero-order valence-corrected chi connectivity index (χ0v) is 34.5. The number of aromatic nitrogens is 1. The molecule has 2 aromatic rings. The number of benzene rings is 1. The molecular formula is C43H58N4O8S. The second-order valence-electron chi connectivity index (χ2n) is 18.6. The largest absolute Gasteiger partial charge is 0.489 e. The first-order valence-corrected chi connectivity index (χ1v) is 22.0. The summed E-state index contributed by atoms with van der Waals surface area (Å²) >= 11 is 0. The highest BCUT2D eigenvalue weighted by molar-refractivity contribution is 7.90. The molecule has 7 rings (SSSR count). The molecule has 13 heteroatoms. The summed E-state index contributed by atoms with van der Waals surface area (Å²) in [7, 11) is -1.82. The van der Waals surface area contributed by atoms with Crippen LogP contribution in [0.2, 0.25) is 0 Å². The molecule has 1 aromatic heterocycles. The Labute approximate surface area is 331 Å². The van der Waals surface area contributed by atoms with Crippen molar-refractivity contribution in [1.29, 1.82) is 0 Å². The molecule has 3 aliphatic heterocycles. The molecule has 0 radical (unpaired) electrons. The van der Waals surface area contributed by atoms with Gasteiger partial charge in [0, 0.05) is 55.6 Å². The topological polar surface area (TPSA) is 152 Å². The number of hydrogen-bond donors (Lipinski definition) is 1. The Morgan fingerprint density at radius 2 is 1.84 bits per heavy atom. The first kappa shape index (κ1) is 40.2. The molecule has 1 aromatic carbocycles. The van der Waals surface area contributed by atoms with Gasteiger partial charge in [-0.15, -0.1) is 0 Å². The van der Waals surface area contributed by atoms with Gasteiger partial charge in [-0.05, 0) is 79.9 Å². The highest BCUT2D eigenvalue weighted by Crippen LogP contribution is 2.57. The maximum absolute atomic E-state index is 15.0. The molecule has 0 unspecified atom stereocenters. The number of allylic oxidation sites excluding steroid dienone is 2. The van der Waals surface area contributed by atoms with Crippen molar-refractivity contribution in [3.8, 4) is 11.6 Å². The summed E-state index contributed by atoms with van der Waals surface area (Å²) in [5.74, 6) is -0.924. The summed E-state index contributed by atoms with van der Waals surface area (Å²) in [6, 6.07) is 4.89. The Hall–Kier alpha value is -4.00. The number of ketones is 2. The summed E-state index contributed by atoms with van der Waals surface area (Å²) in [5.41, 5.74) is -0.509. The highest BCUT2D eigenvalue weighted by Gasteiger charge is 2.61. The molecule has 4 heterocycles. The van der Waals surface area contributed by atoms with Crippen molar-refractivity contribution < 1.29 is 37.1 Å². The van der Waals surface area contributed by atoms with E-state index in [4.69, 9.17) is 9.47 Å². The SMILES string of the molecule is C[C@@H]1CC/C=C\[C@@H]2C[C@@]2(C(=O)NS(=O)(=O)C2CC2)CC(=O)[C@@H]2C[C@@H](Oc3nccc4c5c(ccc34)N(C)CCO5)CN2C(=O)[C@@H](CC(=O)CC(C)(C)C)[C@H](C)C1. The van der Waals surface area contributed by atoms with E-state index in [-0.39, 0.29) is 66.4 Å². The van der Waals surface area contributed by atoms with E-state index in [1.807, 2.05) is 65.1 Å². The van der Waals surface area contributed by atoms with Gasteiger partial charge in [-0.2, -0.15) is 0 Å². The molecular weight excluding hydrogens is 733 g/mol. The Morgan fingerprint density at radius 3 is 2.57 bits per heavy atom. The van der Waals surface area contributed by atoms with Crippen molar-refractivity contribution in [2.24, 2.45) is 34.5 Å². The van der Waals surface area contributed by atoms with Crippen LogP contribution in [0, 0.1) is 34.5 Å². The van der Waals surface area contributed by atoms with Gasteiger partial charge in [0.2, 0.25) is 27.7 Å². The first-order chi connectivity index (χ1) is 26.5. The zero-order valence-electron chi connectivity index (χ0n) is 33.7. The smallest absolute Gasteiger partial charge is 0.240 e. The maximum atomic E-state index is 15.0. The number of hydrogen-bond acceptors (Lipinski definition) is 10. The summed E-state index contributed by atoms with van der Waals surface area (Å²) in [5, 5.41) is 1.01. The lowest BCUT2D eigenvalue weighted by Crippen LogP contribution is -2.47. The average Bonchev–Trinajstić information content (AvgIpc) is 4.05. The van der Waals surface area contributed by atoms with E-state index in [2.05, 4.69) is 21.5 Å². The number of fused-ring (bicyclic) bond motifs is 5. The number of amides is 2. The molecule has 1 saturated heterocycles. The first-order valence-electron chi connectivity index (χ1n) is 20.5. The molecule has 0 bridgehead atoms. The van der Waals surface area contributed by atoms with E-state index in [9.17, 15) is 27.6 Å². The van der Waals surface area contributed by atoms with Crippen molar-refractivity contribution in [3.63, 3.8) is 0 Å². The summed E-state index contributed by atoms with van der Waals surface area (Å²) < 4.78 is 40.9. The fourth-order valence-electron chi connectivity index (χ4n) is 9.19. The second kappa shape index (κ2) is 15.4. The van der Waals surface area contributed by atoms with Crippen LogP contribution < -0.4 is 19.1 Å². The second-order valence-corrected chi connectivity index (χ2v) is 20.5. The van der Waals surface area contributed by atoms with E-state index in [1.54, 1.807) is 11.1 Å². The van der Waals surface area contributed by atoms with Gasteiger partial charge in [0.25, 0.3) is 0 Å². The van der Waals surface area contributed by atoms with E-state index in [0.717, 1.165) is 48.0 Å². The minimum atomic E-state index is -3.84. The van der Waals surface area contributed by atoms with Gasteiger partial charge < -0.3 is 19.3 Å². The molecule has 7 atom stereocenters. The van der Waals surface area contributed by atoms with Crippen molar-refractivity contribution in [1.82, 2.24) is 14.6 Å². The standard InChI is InChI=1S/C43H58N4O8S/c1-26-9-7-8-10-28-22-43(28,41(51)45-56(52,53)31-11-12-31)24-37(49)36-21-30(25-47(36)40(50)34(27(2)19-26)20-29(48)23-42(3,4)5)55-39-33-13-14-35-38(32(33)15-16-44-39)54-18-17-46(35)6/h8,10,13-16,26-28,30-31,34,36H,7,9,11-12,17-25H2,1-6H3,(H,45,51)/b10-8-/t26-,27-,28-,30-,34+,36+,43-/m1/s1. The number of nitrogens with one attached hydrogen (secondary N) is 1. The number of nitrogens with zero attached hydrogens (tertiary/aromatic N) is 3. The summed E-state index contributed by atoms with van der Waals surface area (Å²) in [6.07, 6.45) is 9.12. The third kappa shape index (κ3) is 8.48. The Morgan fingerprint density at radius 1 is 1.07 bits per heavy atom. The van der Waals surface area contributed by atoms with E-state index in [1.165, 1.54) is 0 Å². The molecule has 304 valence electrons. The van der Waals surface area contributed by atoms with Crippen molar-refractivity contribution in [2.75, 3.05) is 31.6 Å². The molecule has 5 aliphatic rings. The van der Waals surface area contributed by atoms with Crippen LogP contribution in [0.3, 0.4) is 0 Å². The van der Waals surface area contributed by atoms with Crippen LogP contribution >= 0.6 is 0 Å². The number of ether oxygens (including phenoxy) is 2. The molecule has 56 heavy (non-hydrogen) atoms. The van der Waals surface area contributed by atoms with Crippen LogP contribution in [0.4, 0.5) is 5.69 Å². The quantitative estimate of drug-likeness (QED) is 0.315. The van der Waals surface area contributed by atoms with Gasteiger partial charge in [-0.3, -0.25) is 23.9 Å². The fraction of sp³-hybridized carbons (Fsp3) is 0.651. The van der Waals surface area contributed by atoms with E-state index >= 15 is 0 Å². The fourth-order valence-corrected chi connectivity index (χ4v) is 10.6. The van der Waals surface area contributed by atoms with Crippen LogP contribution in [0.25, 0.3) is 10.8 Å². The van der Waals surface area contributed by atoms with Gasteiger partial charge in [-0.25, -0.2) is 13.4 Å². The van der Waals surface area contributed by atoms with Crippen molar-refractivity contribution >= 4 is 49.9 Å². The van der Waals surface area contributed by atoms with Gasteiger partial charge >= 0.3 is 0 Å². The predicted octanol–water partition coefficient (Wildman–Crippen LogP) is 6.01. The van der Waals surface area contributed by atoms with Crippen LogP contribution in [-0.2, 0) is 29.2 Å². The highest BCUT2D eigenvalue weighted by atomic mass is 32.2. The van der Waals surface area contributed by atoms with Gasteiger partial charge in [0.15, 0.2) is 11.5 Å². The molecule has 12 nitrogen and oxygen atoms in total. The van der Waals surface area contributed by atoms with Crippen LogP contribution in [0.5, 0.6) is 11.6 Å². The van der Waals surface area contributed by atoms with E-state index < -0.39 is 44.7 Å². The monoisotopic (exact) mass is 790 g/mol. The number of sulfonamides is 1.